The van der Waals surface area contributed by atoms with Crippen LogP contribution >= 0.6 is 0 Å². The molecule has 0 aromatic heterocycles. The molecule has 2 nitrogen and oxygen atoms in total. The van der Waals surface area contributed by atoms with Gasteiger partial charge in [0.25, 0.3) is 0 Å². The van der Waals surface area contributed by atoms with Gasteiger partial charge in [0.2, 0.25) is 0 Å². The Kier molecular flexibility index (Phi) is 4.06. The number of hydrogen-bond donors (Lipinski definition) is 2. The zero-order chi connectivity index (χ0) is 18.5. The van der Waals surface area contributed by atoms with Crippen LogP contribution in [0.4, 0.5) is 24.5 Å². The minimum absolute atomic E-state index is 0.0660. The molecule has 3 N–H and O–H groups in total. The first-order valence-corrected chi connectivity index (χ1v) is 8.11. The summed E-state index contributed by atoms with van der Waals surface area (Å²) in [6.07, 6.45) is 1.02. The number of benzene rings is 2. The third-order valence-electron chi connectivity index (χ3n) is 5.00. The highest BCUT2D eigenvalue weighted by molar-refractivity contribution is 5.75. The molecule has 0 spiro atoms. The maximum Gasteiger partial charge on any atom is 0.156 e. The first kappa shape index (κ1) is 17.4. The van der Waals surface area contributed by atoms with E-state index in [1.807, 2.05) is 0 Å². The van der Waals surface area contributed by atoms with Crippen molar-refractivity contribution in [3.63, 3.8) is 0 Å². The Labute approximate surface area is 145 Å². The number of anilines is 2. The molecule has 1 saturated carbocycles. The largest absolute Gasteiger partial charge is 0.394 e. The fraction of sp³-hybridized carbons (Fsp3) is 0.300. The van der Waals surface area contributed by atoms with Crippen molar-refractivity contribution in [1.29, 1.82) is 0 Å². The lowest BCUT2D eigenvalue weighted by Crippen LogP contribution is -2.05. The minimum atomic E-state index is -0.887. The first-order chi connectivity index (χ1) is 11.6. The topological polar surface area (TPSA) is 38.0 Å². The Hall–Kier alpha value is -2.43. The summed E-state index contributed by atoms with van der Waals surface area (Å²) in [5.41, 5.74) is 7.00. The van der Waals surface area contributed by atoms with Gasteiger partial charge in [-0.15, -0.1) is 0 Å². The van der Waals surface area contributed by atoms with Crippen LogP contribution in [-0.4, -0.2) is 0 Å². The van der Waals surface area contributed by atoms with Gasteiger partial charge >= 0.3 is 0 Å². The molecule has 2 aromatic carbocycles. The van der Waals surface area contributed by atoms with Crippen molar-refractivity contribution in [2.24, 2.45) is 11.3 Å². The number of hydrogen-bond acceptors (Lipinski definition) is 2. The fourth-order valence-corrected chi connectivity index (χ4v) is 3.14. The smallest absolute Gasteiger partial charge is 0.156 e. The Balaban J connectivity index is 2.00. The summed E-state index contributed by atoms with van der Waals surface area (Å²) in [6.45, 7) is 9.86. The second kappa shape index (κ2) is 5.83. The van der Waals surface area contributed by atoms with Gasteiger partial charge in [0.05, 0.1) is 0 Å². The van der Waals surface area contributed by atoms with E-state index in [1.165, 1.54) is 12.1 Å². The normalized spacial score (nSPS) is 18.1. The number of allylic oxidation sites excluding steroid dienone is 1. The van der Waals surface area contributed by atoms with Crippen LogP contribution in [0, 0.1) is 35.7 Å². The van der Waals surface area contributed by atoms with Crippen LogP contribution in [0.2, 0.25) is 0 Å². The van der Waals surface area contributed by atoms with Crippen LogP contribution in [0.3, 0.4) is 0 Å². The van der Waals surface area contributed by atoms with Crippen molar-refractivity contribution in [1.82, 2.24) is 0 Å². The lowest BCUT2D eigenvalue weighted by molar-refractivity contribution is 0.593. The Morgan fingerprint density at radius 1 is 1.16 bits per heavy atom. The van der Waals surface area contributed by atoms with Gasteiger partial charge in [-0.25, -0.2) is 13.2 Å². The van der Waals surface area contributed by atoms with E-state index in [9.17, 15) is 13.2 Å². The highest BCUT2D eigenvalue weighted by atomic mass is 19.1. The molecule has 0 saturated heterocycles. The summed E-state index contributed by atoms with van der Waals surface area (Å²) >= 11 is 0. The molecule has 25 heavy (non-hydrogen) atoms. The van der Waals surface area contributed by atoms with Crippen LogP contribution in [0.15, 0.2) is 36.5 Å². The summed E-state index contributed by atoms with van der Waals surface area (Å²) in [5, 5.41) is 3.12. The quantitative estimate of drug-likeness (QED) is 0.704. The molecule has 3 rings (SSSR count). The summed E-state index contributed by atoms with van der Waals surface area (Å²) in [7, 11) is 0. The molecule has 1 fully saturated rings. The first-order valence-electron chi connectivity index (χ1n) is 8.11. The van der Waals surface area contributed by atoms with E-state index in [4.69, 9.17) is 5.73 Å². The molecule has 1 unspecified atom stereocenters. The van der Waals surface area contributed by atoms with E-state index < -0.39 is 23.1 Å². The fourth-order valence-electron chi connectivity index (χ4n) is 3.14. The molecule has 1 aliphatic rings. The van der Waals surface area contributed by atoms with Gasteiger partial charge in [0.1, 0.15) is 17.3 Å². The molecular formula is C20H21F3N2. The number of rotatable bonds is 4. The molecule has 0 radical (unpaired) electrons. The number of nitrogens with one attached hydrogen (secondary N) is 1. The van der Waals surface area contributed by atoms with Gasteiger partial charge in [0.15, 0.2) is 5.82 Å². The van der Waals surface area contributed by atoms with Crippen LogP contribution in [0.5, 0.6) is 0 Å². The lowest BCUT2D eigenvalue weighted by atomic mass is 9.98. The van der Waals surface area contributed by atoms with Crippen molar-refractivity contribution >= 4 is 11.4 Å². The standard InChI is InChI=1S/C20H21F3N2/c1-10-14(13-5-6-16(21)19(24)18(13)23)7-12(8-17(10)22)25-11(2)15-9-20(15,3)4/h5-8,15,25H,2,9,24H2,1,3-4H3. The van der Waals surface area contributed by atoms with Crippen molar-refractivity contribution in [3.05, 3.63) is 59.6 Å². The highest BCUT2D eigenvalue weighted by Gasteiger charge is 2.47. The van der Waals surface area contributed by atoms with Crippen molar-refractivity contribution in [2.75, 3.05) is 11.1 Å². The zero-order valence-electron chi connectivity index (χ0n) is 14.5. The predicted octanol–water partition coefficient (Wildman–Crippen LogP) is 5.63. The second-order valence-electron chi connectivity index (χ2n) is 7.35. The maximum atomic E-state index is 14.4. The number of nitrogens with two attached hydrogens (primary N) is 1. The summed E-state index contributed by atoms with van der Waals surface area (Å²) in [6, 6.07) is 5.33. The molecule has 0 amide bonds. The molecule has 2 aromatic rings. The van der Waals surface area contributed by atoms with E-state index in [1.54, 1.807) is 13.0 Å². The third kappa shape index (κ3) is 3.11. The zero-order valence-corrected chi connectivity index (χ0v) is 14.5. The molecule has 0 aliphatic heterocycles. The predicted molar refractivity (Wildman–Crippen MR) is 95.6 cm³/mol. The summed E-state index contributed by atoms with van der Waals surface area (Å²) < 4.78 is 42.1. The molecular weight excluding hydrogens is 325 g/mol. The summed E-state index contributed by atoms with van der Waals surface area (Å²) in [5.74, 6) is -1.89. The van der Waals surface area contributed by atoms with Gasteiger partial charge in [-0.2, -0.15) is 0 Å². The Morgan fingerprint density at radius 3 is 2.40 bits per heavy atom. The van der Waals surface area contributed by atoms with E-state index >= 15 is 0 Å². The van der Waals surface area contributed by atoms with Crippen LogP contribution in [0.25, 0.3) is 11.1 Å². The third-order valence-corrected chi connectivity index (χ3v) is 5.00. The van der Waals surface area contributed by atoms with Crippen LogP contribution < -0.4 is 11.1 Å². The monoisotopic (exact) mass is 346 g/mol. The second-order valence-corrected chi connectivity index (χ2v) is 7.35. The van der Waals surface area contributed by atoms with Crippen molar-refractivity contribution in [2.45, 2.75) is 27.2 Å². The highest BCUT2D eigenvalue weighted by Crippen LogP contribution is 2.55. The van der Waals surface area contributed by atoms with Gasteiger partial charge in [-0.05, 0) is 54.2 Å². The van der Waals surface area contributed by atoms with Gasteiger partial charge in [-0.1, -0.05) is 20.4 Å². The number of halogens is 3. The van der Waals surface area contributed by atoms with E-state index in [0.29, 0.717) is 17.2 Å². The van der Waals surface area contributed by atoms with Crippen molar-refractivity contribution < 1.29 is 13.2 Å². The van der Waals surface area contributed by atoms with Crippen LogP contribution in [0.1, 0.15) is 25.8 Å². The van der Waals surface area contributed by atoms with Gasteiger partial charge in [-0.3, -0.25) is 0 Å². The van der Waals surface area contributed by atoms with E-state index in [-0.39, 0.29) is 16.5 Å². The van der Waals surface area contributed by atoms with Crippen molar-refractivity contribution in [3.8, 4) is 11.1 Å². The maximum absolute atomic E-state index is 14.4. The molecule has 1 atom stereocenters. The minimum Gasteiger partial charge on any atom is -0.394 e. The molecule has 0 heterocycles. The molecule has 1 aliphatic carbocycles. The average molecular weight is 346 g/mol. The van der Waals surface area contributed by atoms with Crippen LogP contribution in [-0.2, 0) is 0 Å². The SMILES string of the molecule is C=C(Nc1cc(F)c(C)c(-c2ccc(F)c(N)c2F)c1)C1CC1(C)C. The van der Waals surface area contributed by atoms with E-state index in [2.05, 4.69) is 25.7 Å². The van der Waals surface area contributed by atoms with Gasteiger partial charge < -0.3 is 11.1 Å². The Bertz CT molecular complexity index is 872. The molecule has 132 valence electrons. The molecule has 5 heteroatoms. The van der Waals surface area contributed by atoms with Gasteiger partial charge in [0, 0.05) is 22.9 Å². The summed E-state index contributed by atoms with van der Waals surface area (Å²) in [4.78, 5) is 0. The molecule has 0 bridgehead atoms. The Morgan fingerprint density at radius 2 is 1.80 bits per heavy atom. The lowest BCUT2D eigenvalue weighted by Gasteiger charge is -2.16. The average Bonchev–Trinajstić information content (AvgIpc) is 3.18. The van der Waals surface area contributed by atoms with E-state index in [0.717, 1.165) is 18.2 Å². The number of nitrogen functional groups attached to an aromatic ring is 1.